The molecule has 0 bridgehead atoms. The summed E-state index contributed by atoms with van der Waals surface area (Å²) in [7, 11) is 0. The fraction of sp³-hybridized carbons (Fsp3) is 0.481. The largest absolute Gasteiger partial charge is 0.369 e. The van der Waals surface area contributed by atoms with Gasteiger partial charge in [0.05, 0.1) is 10.4 Å². The molecule has 0 aliphatic heterocycles. The van der Waals surface area contributed by atoms with Crippen LogP contribution >= 0.6 is 11.6 Å². The van der Waals surface area contributed by atoms with Gasteiger partial charge in [-0.15, -0.1) is 0 Å². The monoisotopic (exact) mass is 511 g/mol. The lowest BCUT2D eigenvalue weighted by Gasteiger charge is -2.14. The Hall–Kier alpha value is -3.13. The molecular weight excluding hydrogens is 474 g/mol. The van der Waals surface area contributed by atoms with Crippen molar-refractivity contribution in [2.75, 3.05) is 11.9 Å². The molecule has 0 aliphatic carbocycles. The van der Waals surface area contributed by atoms with Crippen LogP contribution in [0.1, 0.15) is 71.5 Å². The molecule has 0 saturated carbocycles. The summed E-state index contributed by atoms with van der Waals surface area (Å²) in [6.07, 6.45) is 7.70. The van der Waals surface area contributed by atoms with E-state index in [4.69, 9.17) is 11.6 Å². The molecular formula is C27H38ClN7O. The van der Waals surface area contributed by atoms with E-state index in [0.717, 1.165) is 63.9 Å². The number of Topliss-reactive ketones (excluding diaryl/α,β-unsaturated/α-hetero) is 1. The van der Waals surface area contributed by atoms with Crippen LogP contribution in [0.25, 0.3) is 22.2 Å². The molecule has 36 heavy (non-hydrogen) atoms. The van der Waals surface area contributed by atoms with E-state index < -0.39 is 0 Å². The van der Waals surface area contributed by atoms with Crippen LogP contribution in [0, 0.1) is 19.3 Å². The third kappa shape index (κ3) is 8.82. The number of halogens is 1. The third-order valence-electron chi connectivity index (χ3n) is 4.91. The summed E-state index contributed by atoms with van der Waals surface area (Å²) in [5.74, 6) is 1.85. The predicted octanol–water partition coefficient (Wildman–Crippen LogP) is 6.65. The molecule has 0 atom stereocenters. The van der Waals surface area contributed by atoms with E-state index in [1.165, 1.54) is 0 Å². The lowest BCUT2D eigenvalue weighted by Crippen LogP contribution is -2.09. The Morgan fingerprint density at radius 1 is 1.08 bits per heavy atom. The van der Waals surface area contributed by atoms with E-state index in [0.29, 0.717) is 12.1 Å². The van der Waals surface area contributed by atoms with Crippen molar-refractivity contribution in [3.63, 3.8) is 0 Å². The van der Waals surface area contributed by atoms with Crippen molar-refractivity contribution in [3.8, 4) is 0 Å². The first-order valence-corrected chi connectivity index (χ1v) is 12.6. The molecule has 0 aromatic carbocycles. The average molecular weight is 512 g/mol. The van der Waals surface area contributed by atoms with Crippen molar-refractivity contribution in [3.05, 3.63) is 46.8 Å². The molecule has 4 rings (SSSR count). The summed E-state index contributed by atoms with van der Waals surface area (Å²) in [5.41, 5.74) is 4.67. The second kappa shape index (κ2) is 13.3. The number of nitrogens with zero attached hydrogens (tertiary/aromatic N) is 5. The highest BCUT2D eigenvalue weighted by molar-refractivity contribution is 6.37. The van der Waals surface area contributed by atoms with Crippen molar-refractivity contribution >= 4 is 45.4 Å². The first-order chi connectivity index (χ1) is 16.9. The van der Waals surface area contributed by atoms with Crippen LogP contribution in [0.5, 0.6) is 0 Å². The minimum Gasteiger partial charge on any atom is -0.369 e. The van der Waals surface area contributed by atoms with Crippen LogP contribution in [0.15, 0.2) is 24.7 Å². The minimum absolute atomic E-state index is 0.172. The van der Waals surface area contributed by atoms with Crippen molar-refractivity contribution in [2.45, 2.75) is 74.7 Å². The van der Waals surface area contributed by atoms with Gasteiger partial charge >= 0.3 is 0 Å². The van der Waals surface area contributed by atoms with E-state index in [9.17, 15) is 4.79 Å². The summed E-state index contributed by atoms with van der Waals surface area (Å²) in [6, 6.07) is 1.97. The second-order valence-electron chi connectivity index (χ2n) is 9.89. The van der Waals surface area contributed by atoms with E-state index in [-0.39, 0.29) is 11.2 Å². The number of pyridine rings is 1. The third-order valence-corrected chi connectivity index (χ3v) is 5.33. The standard InChI is InChI=1S/C12H17ClN4.C8H7N3.C7H14O/c1-4-6-14-11-9-10(13)8(5-2)17-12(9)16-7(3)15-11;1-6-4-7-8(11-5-6)10-3-2-9-7;1-6(8)5-7(2,3)4/h4-6H2,1-3H3,(H2,14,15,16,17);2-5H,1H3;5H2,1-4H3. The number of aromatic nitrogens is 6. The van der Waals surface area contributed by atoms with Crippen LogP contribution in [-0.2, 0) is 11.2 Å². The summed E-state index contributed by atoms with van der Waals surface area (Å²) in [5, 5.41) is 4.94. The maximum atomic E-state index is 10.5. The molecule has 4 aromatic rings. The number of hydrogen-bond acceptors (Lipinski definition) is 7. The average Bonchev–Trinajstić information content (AvgIpc) is 3.11. The van der Waals surface area contributed by atoms with Crippen LogP contribution < -0.4 is 5.32 Å². The molecule has 9 heteroatoms. The molecule has 0 saturated heterocycles. The van der Waals surface area contributed by atoms with Gasteiger partial charge in [0.15, 0.2) is 5.65 Å². The zero-order valence-electron chi connectivity index (χ0n) is 22.7. The van der Waals surface area contributed by atoms with Gasteiger partial charge in [-0.25, -0.2) is 19.9 Å². The Morgan fingerprint density at radius 2 is 1.78 bits per heavy atom. The summed E-state index contributed by atoms with van der Waals surface area (Å²) >= 11 is 6.34. The lowest BCUT2D eigenvalue weighted by atomic mass is 9.91. The number of carbonyl (C=O) groups excluding carboxylic acids is 1. The molecule has 194 valence electrons. The Balaban J connectivity index is 0.000000207. The topological polar surface area (TPSA) is 109 Å². The second-order valence-corrected chi connectivity index (χ2v) is 10.3. The van der Waals surface area contributed by atoms with Gasteiger partial charge in [-0.1, -0.05) is 46.2 Å². The van der Waals surface area contributed by atoms with Crippen LogP contribution in [0.3, 0.4) is 0 Å². The molecule has 2 N–H and O–H groups in total. The lowest BCUT2D eigenvalue weighted by molar-refractivity contribution is -0.118. The van der Waals surface area contributed by atoms with Gasteiger partial charge in [0.1, 0.15) is 28.6 Å². The smallest absolute Gasteiger partial charge is 0.178 e. The fourth-order valence-corrected chi connectivity index (χ4v) is 3.90. The number of ketones is 1. The minimum atomic E-state index is 0.172. The van der Waals surface area contributed by atoms with Crippen LogP contribution in [0.4, 0.5) is 5.82 Å². The molecule has 0 unspecified atom stereocenters. The van der Waals surface area contributed by atoms with Crippen molar-refractivity contribution in [2.24, 2.45) is 5.41 Å². The molecule has 0 aliphatic rings. The van der Waals surface area contributed by atoms with Gasteiger partial charge in [0.2, 0.25) is 0 Å². The van der Waals surface area contributed by atoms with E-state index >= 15 is 0 Å². The molecule has 8 nitrogen and oxygen atoms in total. The van der Waals surface area contributed by atoms with Gasteiger partial charge < -0.3 is 15.1 Å². The summed E-state index contributed by atoms with van der Waals surface area (Å²) in [6.45, 7) is 16.8. The SMILES string of the molecule is CC(=O)CC(C)(C)C.CCCNc1nc(C)nc2[nH]c(CC)c(Cl)c12.Cc1cnc2nccnc2c1. The Morgan fingerprint density at radius 3 is 2.36 bits per heavy atom. The zero-order valence-corrected chi connectivity index (χ0v) is 23.4. The number of rotatable bonds is 5. The Labute approximate surface area is 218 Å². The van der Waals surface area contributed by atoms with Crippen molar-refractivity contribution in [1.29, 1.82) is 0 Å². The molecule has 4 heterocycles. The molecule has 4 aromatic heterocycles. The molecule has 0 amide bonds. The molecule has 0 radical (unpaired) electrons. The highest BCUT2D eigenvalue weighted by Gasteiger charge is 2.15. The van der Waals surface area contributed by atoms with E-state index in [2.05, 4.69) is 69.8 Å². The highest BCUT2D eigenvalue weighted by Crippen LogP contribution is 2.31. The summed E-state index contributed by atoms with van der Waals surface area (Å²) < 4.78 is 0. The fourth-order valence-electron chi connectivity index (χ4n) is 3.54. The van der Waals surface area contributed by atoms with Gasteiger partial charge in [0, 0.05) is 37.3 Å². The normalized spacial score (nSPS) is 10.9. The van der Waals surface area contributed by atoms with Crippen LogP contribution in [0.2, 0.25) is 5.02 Å². The quantitative estimate of drug-likeness (QED) is 0.308. The number of H-pyrrole nitrogens is 1. The van der Waals surface area contributed by atoms with Crippen molar-refractivity contribution in [1.82, 2.24) is 29.9 Å². The van der Waals surface area contributed by atoms with E-state index in [1.807, 2.05) is 19.9 Å². The zero-order chi connectivity index (χ0) is 26.9. The maximum Gasteiger partial charge on any atom is 0.178 e. The first-order valence-electron chi connectivity index (χ1n) is 12.3. The first kappa shape index (κ1) is 29.1. The number of fused-ring (bicyclic) bond motifs is 2. The number of aromatic amines is 1. The Bertz CT molecular complexity index is 1290. The number of nitrogens with one attached hydrogen (secondary N) is 2. The molecule has 0 spiro atoms. The summed E-state index contributed by atoms with van der Waals surface area (Å²) in [4.78, 5) is 34.8. The van der Waals surface area contributed by atoms with Gasteiger partial charge in [-0.05, 0) is 50.7 Å². The van der Waals surface area contributed by atoms with Gasteiger partial charge in [0.25, 0.3) is 0 Å². The number of hydrogen-bond donors (Lipinski definition) is 2. The van der Waals surface area contributed by atoms with Gasteiger partial charge in [-0.2, -0.15) is 0 Å². The molecule has 0 fully saturated rings. The maximum absolute atomic E-state index is 10.5. The number of aryl methyl sites for hydroxylation is 3. The van der Waals surface area contributed by atoms with Crippen molar-refractivity contribution < 1.29 is 4.79 Å². The highest BCUT2D eigenvalue weighted by atomic mass is 35.5. The number of anilines is 1. The van der Waals surface area contributed by atoms with E-state index in [1.54, 1.807) is 25.5 Å². The Kier molecular flexibility index (Phi) is 10.7. The predicted molar refractivity (Wildman–Crippen MR) is 149 cm³/mol. The van der Waals surface area contributed by atoms with Crippen LogP contribution in [-0.4, -0.2) is 42.2 Å². The number of carbonyl (C=O) groups is 1. The van der Waals surface area contributed by atoms with Gasteiger partial charge in [-0.3, -0.25) is 4.98 Å².